The van der Waals surface area contributed by atoms with Crippen LogP contribution in [0, 0.1) is 5.92 Å². The average Bonchev–Trinajstić information content (AvgIpc) is 2.14. The maximum absolute atomic E-state index is 12.3. The summed E-state index contributed by atoms with van der Waals surface area (Å²) in [7, 11) is 0. The molecule has 16 heavy (non-hydrogen) atoms. The van der Waals surface area contributed by atoms with Crippen molar-refractivity contribution in [2.75, 3.05) is 19.6 Å². The van der Waals surface area contributed by atoms with Crippen LogP contribution in [0.25, 0.3) is 0 Å². The van der Waals surface area contributed by atoms with Gasteiger partial charge in [0.15, 0.2) is 0 Å². The van der Waals surface area contributed by atoms with Gasteiger partial charge in [-0.25, -0.2) is 0 Å². The Hall–Kier alpha value is -0.290. The van der Waals surface area contributed by atoms with Gasteiger partial charge in [0, 0.05) is 12.6 Å². The first-order chi connectivity index (χ1) is 7.30. The normalized spacial score (nSPS) is 16.5. The summed E-state index contributed by atoms with van der Waals surface area (Å²) >= 11 is 0. The Kier molecular flexibility index (Phi) is 6.99. The molecule has 2 N–H and O–H groups in total. The highest BCUT2D eigenvalue weighted by Crippen LogP contribution is 2.17. The highest BCUT2D eigenvalue weighted by atomic mass is 19.4. The zero-order chi connectivity index (χ0) is 12.8. The van der Waals surface area contributed by atoms with E-state index >= 15 is 0 Å². The van der Waals surface area contributed by atoms with E-state index in [4.69, 9.17) is 5.73 Å². The molecule has 0 aromatic heterocycles. The minimum atomic E-state index is -4.13. The molecule has 0 bridgehead atoms. The monoisotopic (exact) mass is 240 g/mol. The molecule has 5 heteroatoms. The van der Waals surface area contributed by atoms with E-state index in [-0.39, 0.29) is 12.0 Å². The Bertz CT molecular complexity index is 183. The van der Waals surface area contributed by atoms with E-state index in [9.17, 15) is 13.2 Å². The van der Waals surface area contributed by atoms with Crippen molar-refractivity contribution in [2.45, 2.75) is 45.8 Å². The van der Waals surface area contributed by atoms with Gasteiger partial charge in [0.2, 0.25) is 0 Å². The molecule has 2 nitrogen and oxygen atoms in total. The third-order valence-electron chi connectivity index (χ3n) is 2.79. The van der Waals surface area contributed by atoms with Crippen LogP contribution in [0.3, 0.4) is 0 Å². The van der Waals surface area contributed by atoms with Crippen molar-refractivity contribution in [1.29, 1.82) is 0 Å². The Morgan fingerprint density at radius 3 is 2.19 bits per heavy atom. The van der Waals surface area contributed by atoms with Crippen LogP contribution < -0.4 is 5.73 Å². The van der Waals surface area contributed by atoms with Gasteiger partial charge in [0.1, 0.15) is 0 Å². The molecule has 0 aliphatic carbocycles. The maximum Gasteiger partial charge on any atom is 0.401 e. The molecule has 2 unspecified atom stereocenters. The molecule has 0 heterocycles. The third-order valence-corrected chi connectivity index (χ3v) is 2.79. The summed E-state index contributed by atoms with van der Waals surface area (Å²) in [5, 5.41) is 0. The van der Waals surface area contributed by atoms with E-state index in [1.807, 2.05) is 20.8 Å². The van der Waals surface area contributed by atoms with E-state index in [0.717, 1.165) is 6.42 Å². The molecule has 0 aromatic carbocycles. The summed E-state index contributed by atoms with van der Waals surface area (Å²) in [6.45, 7) is 5.76. The first-order valence-corrected chi connectivity index (χ1v) is 5.84. The van der Waals surface area contributed by atoms with Gasteiger partial charge in [-0.15, -0.1) is 0 Å². The van der Waals surface area contributed by atoms with Crippen LogP contribution in [0.15, 0.2) is 0 Å². The highest BCUT2D eigenvalue weighted by Gasteiger charge is 2.31. The van der Waals surface area contributed by atoms with Crippen molar-refractivity contribution < 1.29 is 13.2 Å². The number of nitrogens with two attached hydrogens (primary N) is 1. The van der Waals surface area contributed by atoms with E-state index in [1.165, 1.54) is 4.90 Å². The number of nitrogens with zero attached hydrogens (tertiary/aromatic N) is 1. The Morgan fingerprint density at radius 1 is 1.25 bits per heavy atom. The lowest BCUT2D eigenvalue weighted by molar-refractivity contribution is -0.146. The van der Waals surface area contributed by atoms with Gasteiger partial charge < -0.3 is 5.73 Å². The minimum Gasteiger partial charge on any atom is -0.326 e. The quantitative estimate of drug-likeness (QED) is 0.741. The molecule has 0 radical (unpaired) electrons. The summed E-state index contributed by atoms with van der Waals surface area (Å²) in [6.07, 6.45) is -2.53. The van der Waals surface area contributed by atoms with Crippen LogP contribution >= 0.6 is 0 Å². The molecule has 0 rings (SSSR count). The summed E-state index contributed by atoms with van der Waals surface area (Å²) in [5.41, 5.74) is 5.87. The van der Waals surface area contributed by atoms with E-state index in [2.05, 4.69) is 0 Å². The summed E-state index contributed by atoms with van der Waals surface area (Å²) in [6, 6.07) is -0.182. The maximum atomic E-state index is 12.3. The molecule has 0 spiro atoms. The zero-order valence-corrected chi connectivity index (χ0v) is 10.3. The topological polar surface area (TPSA) is 29.3 Å². The van der Waals surface area contributed by atoms with E-state index in [1.54, 1.807) is 0 Å². The second kappa shape index (κ2) is 7.12. The molecular weight excluding hydrogens is 217 g/mol. The van der Waals surface area contributed by atoms with Gasteiger partial charge in [-0.1, -0.05) is 27.2 Å². The van der Waals surface area contributed by atoms with Crippen molar-refractivity contribution in [3.63, 3.8) is 0 Å². The van der Waals surface area contributed by atoms with Gasteiger partial charge in [-0.05, 0) is 18.9 Å². The van der Waals surface area contributed by atoms with Gasteiger partial charge in [-0.2, -0.15) is 13.2 Å². The smallest absolute Gasteiger partial charge is 0.326 e. The Labute approximate surface area is 96.0 Å². The van der Waals surface area contributed by atoms with Crippen molar-refractivity contribution >= 4 is 0 Å². The van der Waals surface area contributed by atoms with Crippen LogP contribution in [0.1, 0.15) is 33.6 Å². The summed E-state index contributed by atoms with van der Waals surface area (Å²) < 4.78 is 36.8. The predicted molar refractivity (Wildman–Crippen MR) is 60.2 cm³/mol. The van der Waals surface area contributed by atoms with Crippen LogP contribution in [-0.4, -0.2) is 36.8 Å². The average molecular weight is 240 g/mol. The van der Waals surface area contributed by atoms with Gasteiger partial charge in [0.25, 0.3) is 0 Å². The van der Waals surface area contributed by atoms with Crippen LogP contribution in [-0.2, 0) is 0 Å². The molecular formula is C11H23F3N2. The second-order valence-corrected chi connectivity index (χ2v) is 4.40. The molecule has 0 fully saturated rings. The van der Waals surface area contributed by atoms with Crippen molar-refractivity contribution in [1.82, 2.24) is 4.90 Å². The van der Waals surface area contributed by atoms with E-state index < -0.39 is 12.7 Å². The van der Waals surface area contributed by atoms with Crippen molar-refractivity contribution in [3.05, 3.63) is 0 Å². The standard InChI is InChI=1S/C11H23F3N2/c1-4-6-16(8-11(12,13)14)7-10(15)9(3)5-2/h9-10H,4-8,15H2,1-3H3. The molecule has 0 aromatic rings. The minimum absolute atomic E-state index is 0.182. The molecule has 0 saturated carbocycles. The molecule has 98 valence electrons. The van der Waals surface area contributed by atoms with Gasteiger partial charge in [-0.3, -0.25) is 4.90 Å². The Balaban J connectivity index is 4.22. The van der Waals surface area contributed by atoms with Crippen molar-refractivity contribution in [2.24, 2.45) is 11.7 Å². The summed E-state index contributed by atoms with van der Waals surface area (Å²) in [5.74, 6) is 0.257. The lowest BCUT2D eigenvalue weighted by Gasteiger charge is -2.28. The molecule has 0 amide bonds. The number of rotatable bonds is 7. The van der Waals surface area contributed by atoms with E-state index in [0.29, 0.717) is 19.5 Å². The lowest BCUT2D eigenvalue weighted by atomic mass is 9.99. The second-order valence-electron chi connectivity index (χ2n) is 4.40. The third kappa shape index (κ3) is 7.06. The molecule has 0 aliphatic heterocycles. The van der Waals surface area contributed by atoms with Crippen molar-refractivity contribution in [3.8, 4) is 0 Å². The first-order valence-electron chi connectivity index (χ1n) is 5.84. The van der Waals surface area contributed by atoms with Crippen LogP contribution in [0.2, 0.25) is 0 Å². The largest absolute Gasteiger partial charge is 0.401 e. The summed E-state index contributed by atoms with van der Waals surface area (Å²) in [4.78, 5) is 1.40. The van der Waals surface area contributed by atoms with Gasteiger partial charge in [0.05, 0.1) is 6.54 Å². The SMILES string of the molecule is CCCN(CC(N)C(C)CC)CC(F)(F)F. The molecule has 0 aliphatic rings. The number of hydrogen-bond acceptors (Lipinski definition) is 2. The fraction of sp³-hybridized carbons (Fsp3) is 1.00. The fourth-order valence-electron chi connectivity index (χ4n) is 1.59. The highest BCUT2D eigenvalue weighted by molar-refractivity contribution is 4.74. The van der Waals surface area contributed by atoms with Crippen LogP contribution in [0.5, 0.6) is 0 Å². The first kappa shape index (κ1) is 15.7. The number of alkyl halides is 3. The molecule has 0 saturated heterocycles. The van der Waals surface area contributed by atoms with Crippen LogP contribution in [0.4, 0.5) is 13.2 Å². The number of hydrogen-bond donors (Lipinski definition) is 1. The fourth-order valence-corrected chi connectivity index (χ4v) is 1.59. The zero-order valence-electron chi connectivity index (χ0n) is 10.3. The predicted octanol–water partition coefficient (Wildman–Crippen LogP) is 2.63. The molecule has 2 atom stereocenters. The number of halogens is 3. The Morgan fingerprint density at radius 2 is 1.81 bits per heavy atom. The lowest BCUT2D eigenvalue weighted by Crippen LogP contribution is -2.45. The van der Waals surface area contributed by atoms with Gasteiger partial charge >= 0.3 is 6.18 Å².